The molecule has 22 heavy (non-hydrogen) atoms. The van der Waals surface area contributed by atoms with E-state index in [-0.39, 0.29) is 6.54 Å². The quantitative estimate of drug-likeness (QED) is 0.830. The van der Waals surface area contributed by atoms with Crippen molar-refractivity contribution in [2.45, 2.75) is 19.3 Å². The molecular formula is C14H13F3N4O. The normalized spacial score (nSPS) is 11.8. The van der Waals surface area contributed by atoms with Crippen molar-refractivity contribution in [2.24, 2.45) is 0 Å². The summed E-state index contributed by atoms with van der Waals surface area (Å²) >= 11 is 0. The van der Waals surface area contributed by atoms with Crippen LogP contribution in [0.25, 0.3) is 0 Å². The Kier molecular flexibility index (Phi) is 4.92. The second-order valence-corrected chi connectivity index (χ2v) is 4.47. The highest BCUT2D eigenvalue weighted by atomic mass is 19.4. The van der Waals surface area contributed by atoms with E-state index in [1.807, 2.05) is 30.3 Å². The van der Waals surface area contributed by atoms with Gasteiger partial charge in [-0.2, -0.15) is 13.2 Å². The summed E-state index contributed by atoms with van der Waals surface area (Å²) in [4.78, 5) is 10.6. The monoisotopic (exact) mass is 310 g/mol. The summed E-state index contributed by atoms with van der Waals surface area (Å²) in [5, 5.41) is 10.4. The molecule has 2 aromatic rings. The Balaban J connectivity index is 1.83. The first kappa shape index (κ1) is 15.7. The average Bonchev–Trinajstić information content (AvgIpc) is 2.91. The molecule has 5 nitrogen and oxygen atoms in total. The molecule has 0 bridgehead atoms. The smallest absolute Gasteiger partial charge is 0.385 e. The zero-order chi connectivity index (χ0) is 16.0. The van der Waals surface area contributed by atoms with Crippen LogP contribution in [0.4, 0.5) is 13.2 Å². The van der Waals surface area contributed by atoms with Crippen molar-refractivity contribution in [1.82, 2.24) is 20.3 Å². The molecule has 0 radical (unpaired) electrons. The molecule has 0 spiro atoms. The molecule has 0 amide bonds. The van der Waals surface area contributed by atoms with Gasteiger partial charge in [-0.3, -0.25) is 4.79 Å². The number of hydrogen-bond donors (Lipinski definition) is 1. The molecule has 1 aromatic heterocycles. The molecule has 0 saturated heterocycles. The molecule has 2 rings (SSSR count). The van der Waals surface area contributed by atoms with Gasteiger partial charge in [-0.05, 0) is 5.56 Å². The van der Waals surface area contributed by atoms with Gasteiger partial charge in [0, 0.05) is 12.3 Å². The van der Waals surface area contributed by atoms with Crippen molar-refractivity contribution in [3.63, 3.8) is 0 Å². The summed E-state index contributed by atoms with van der Waals surface area (Å²) in [5.41, 5.74) is 1.61. The van der Waals surface area contributed by atoms with Gasteiger partial charge in [-0.25, -0.2) is 4.68 Å². The Morgan fingerprint density at radius 2 is 2.00 bits per heavy atom. The number of benzene rings is 1. The molecule has 0 fully saturated rings. The van der Waals surface area contributed by atoms with E-state index in [4.69, 9.17) is 0 Å². The van der Waals surface area contributed by atoms with Crippen molar-refractivity contribution in [2.75, 3.05) is 0 Å². The van der Waals surface area contributed by atoms with Crippen molar-refractivity contribution >= 4 is 5.78 Å². The number of alkyl halides is 3. The number of allylic oxidation sites excluding steroid dienone is 1. The van der Waals surface area contributed by atoms with Crippen molar-refractivity contribution in [3.05, 3.63) is 60.1 Å². The molecule has 1 heterocycles. The van der Waals surface area contributed by atoms with Crippen LogP contribution < -0.4 is 5.32 Å². The van der Waals surface area contributed by atoms with Gasteiger partial charge in [-0.15, -0.1) is 5.10 Å². The largest absolute Gasteiger partial charge is 0.454 e. The van der Waals surface area contributed by atoms with Crippen LogP contribution in [0.5, 0.6) is 0 Å². The van der Waals surface area contributed by atoms with E-state index in [1.54, 1.807) is 10.9 Å². The predicted molar refractivity (Wildman–Crippen MR) is 72.6 cm³/mol. The molecule has 0 saturated carbocycles. The van der Waals surface area contributed by atoms with Gasteiger partial charge in [-0.1, -0.05) is 35.5 Å². The van der Waals surface area contributed by atoms with Gasteiger partial charge >= 0.3 is 6.18 Å². The molecule has 1 N–H and O–H groups in total. The van der Waals surface area contributed by atoms with E-state index in [0.717, 1.165) is 11.8 Å². The molecule has 0 atom stereocenters. The summed E-state index contributed by atoms with van der Waals surface area (Å²) in [5.74, 6) is -1.91. The summed E-state index contributed by atoms with van der Waals surface area (Å²) in [6, 6.07) is 9.64. The Labute approximate surface area is 124 Å². The number of halogens is 3. The van der Waals surface area contributed by atoms with Crippen molar-refractivity contribution in [1.29, 1.82) is 0 Å². The number of hydrogen-bond acceptors (Lipinski definition) is 4. The van der Waals surface area contributed by atoms with E-state index in [9.17, 15) is 18.0 Å². The maximum Gasteiger partial charge on any atom is 0.454 e. The first-order valence-electron chi connectivity index (χ1n) is 6.39. The fourth-order valence-corrected chi connectivity index (χ4v) is 1.66. The maximum atomic E-state index is 12.0. The van der Waals surface area contributed by atoms with Crippen LogP contribution in [-0.2, 0) is 17.9 Å². The van der Waals surface area contributed by atoms with Gasteiger partial charge in [0.15, 0.2) is 0 Å². The zero-order valence-corrected chi connectivity index (χ0v) is 11.4. The van der Waals surface area contributed by atoms with Crippen LogP contribution in [0.3, 0.4) is 0 Å². The third-order valence-electron chi connectivity index (χ3n) is 2.69. The standard InChI is InChI=1S/C14H13F3N4O/c15-14(16,17)13(22)6-7-18-8-12-10-21(20-19-12)9-11-4-2-1-3-5-11/h1-7,10,18H,8-9H2/b7-6-. The Morgan fingerprint density at radius 3 is 2.68 bits per heavy atom. The second-order valence-electron chi connectivity index (χ2n) is 4.47. The van der Waals surface area contributed by atoms with Crippen LogP contribution in [-0.4, -0.2) is 27.0 Å². The lowest BCUT2D eigenvalue weighted by molar-refractivity contribution is -0.165. The highest BCUT2D eigenvalue weighted by molar-refractivity contribution is 5.94. The maximum absolute atomic E-state index is 12.0. The van der Waals surface area contributed by atoms with E-state index >= 15 is 0 Å². The Bertz CT molecular complexity index is 650. The number of nitrogens with one attached hydrogen (secondary N) is 1. The molecule has 8 heteroatoms. The van der Waals surface area contributed by atoms with E-state index in [0.29, 0.717) is 18.3 Å². The van der Waals surface area contributed by atoms with E-state index in [1.165, 1.54) is 0 Å². The fraction of sp³-hybridized carbons (Fsp3) is 0.214. The van der Waals surface area contributed by atoms with Crippen LogP contribution >= 0.6 is 0 Å². The van der Waals surface area contributed by atoms with Crippen LogP contribution in [0.1, 0.15) is 11.3 Å². The molecule has 0 aliphatic heterocycles. The van der Waals surface area contributed by atoms with E-state index in [2.05, 4.69) is 15.6 Å². The minimum atomic E-state index is -4.85. The molecule has 0 aliphatic carbocycles. The third-order valence-corrected chi connectivity index (χ3v) is 2.69. The van der Waals surface area contributed by atoms with Crippen molar-refractivity contribution < 1.29 is 18.0 Å². The zero-order valence-electron chi connectivity index (χ0n) is 11.4. The number of carbonyl (C=O) groups is 1. The van der Waals surface area contributed by atoms with Gasteiger partial charge in [0.05, 0.1) is 19.3 Å². The lowest BCUT2D eigenvalue weighted by Gasteiger charge is -2.00. The lowest BCUT2D eigenvalue weighted by atomic mass is 10.2. The fourth-order valence-electron chi connectivity index (χ4n) is 1.66. The summed E-state index contributed by atoms with van der Waals surface area (Å²) in [7, 11) is 0. The highest BCUT2D eigenvalue weighted by Gasteiger charge is 2.35. The SMILES string of the molecule is O=C(/C=C\NCc1cn(Cc2ccccc2)nn1)C(F)(F)F. The molecule has 0 aliphatic rings. The average molecular weight is 310 g/mol. The van der Waals surface area contributed by atoms with Gasteiger partial charge in [0.25, 0.3) is 5.78 Å². The number of ketones is 1. The van der Waals surface area contributed by atoms with Crippen molar-refractivity contribution in [3.8, 4) is 0 Å². The van der Waals surface area contributed by atoms with Gasteiger partial charge in [0.2, 0.25) is 0 Å². The molecule has 116 valence electrons. The number of carbonyl (C=O) groups excluding carboxylic acids is 1. The number of aromatic nitrogens is 3. The summed E-state index contributed by atoms with van der Waals surface area (Å²) in [6.07, 6.45) is -1.78. The Morgan fingerprint density at radius 1 is 1.27 bits per heavy atom. The highest BCUT2D eigenvalue weighted by Crippen LogP contribution is 2.15. The topological polar surface area (TPSA) is 59.8 Å². The van der Waals surface area contributed by atoms with Gasteiger partial charge in [0.1, 0.15) is 5.69 Å². The summed E-state index contributed by atoms with van der Waals surface area (Å²) in [6.45, 7) is 0.729. The second kappa shape index (κ2) is 6.88. The molecule has 0 unspecified atom stereocenters. The predicted octanol–water partition coefficient (Wildman–Crippen LogP) is 2.06. The van der Waals surface area contributed by atoms with Crippen LogP contribution in [0, 0.1) is 0 Å². The van der Waals surface area contributed by atoms with Gasteiger partial charge < -0.3 is 5.32 Å². The third kappa shape index (κ3) is 4.72. The number of rotatable bonds is 6. The molecule has 1 aromatic carbocycles. The van der Waals surface area contributed by atoms with Crippen LogP contribution in [0.15, 0.2) is 48.8 Å². The Hall–Kier alpha value is -2.64. The first-order valence-corrected chi connectivity index (χ1v) is 6.39. The first-order chi connectivity index (χ1) is 10.4. The minimum absolute atomic E-state index is 0.177. The lowest BCUT2D eigenvalue weighted by Crippen LogP contribution is -2.20. The summed E-state index contributed by atoms with van der Waals surface area (Å²) < 4.78 is 37.5. The van der Waals surface area contributed by atoms with E-state index < -0.39 is 12.0 Å². The molecular weight excluding hydrogens is 297 g/mol. The minimum Gasteiger partial charge on any atom is -0.385 e. The number of nitrogens with zero attached hydrogens (tertiary/aromatic N) is 3. The van der Waals surface area contributed by atoms with Crippen LogP contribution in [0.2, 0.25) is 0 Å².